The number of rotatable bonds is 5. The van der Waals surface area contributed by atoms with Gasteiger partial charge in [0.1, 0.15) is 6.61 Å². The smallest absolute Gasteiger partial charge is 0.312 e. The summed E-state index contributed by atoms with van der Waals surface area (Å²) in [5.41, 5.74) is 1.82. The third kappa shape index (κ3) is 3.20. The molecule has 0 aromatic carbocycles. The zero-order valence-electron chi connectivity index (χ0n) is 20.9. The van der Waals surface area contributed by atoms with Gasteiger partial charge in [-0.3, -0.25) is 4.79 Å². The van der Waals surface area contributed by atoms with Crippen molar-refractivity contribution in [3.05, 3.63) is 0 Å². The van der Waals surface area contributed by atoms with Crippen molar-refractivity contribution in [2.24, 2.45) is 44.1 Å². The van der Waals surface area contributed by atoms with Gasteiger partial charge in [-0.1, -0.05) is 32.3 Å². The minimum Gasteiger partial charge on any atom is -0.466 e. The van der Waals surface area contributed by atoms with Crippen molar-refractivity contribution in [2.75, 3.05) is 26.4 Å². The Labute approximate surface area is 194 Å². The lowest BCUT2D eigenvalue weighted by Crippen LogP contribution is -2.58. The summed E-state index contributed by atoms with van der Waals surface area (Å²) in [6.45, 7) is 14.0. The predicted molar refractivity (Wildman–Crippen MR) is 124 cm³/mol. The molecular formula is C27H43NO4. The second kappa shape index (κ2) is 7.45. The fourth-order valence-corrected chi connectivity index (χ4v) is 9.01. The summed E-state index contributed by atoms with van der Waals surface area (Å²) < 4.78 is 11.0. The van der Waals surface area contributed by atoms with Crippen LogP contribution in [0.4, 0.5) is 0 Å². The molecule has 6 atom stereocenters. The monoisotopic (exact) mass is 445 g/mol. The van der Waals surface area contributed by atoms with Gasteiger partial charge in [0.05, 0.1) is 36.4 Å². The zero-order valence-corrected chi connectivity index (χ0v) is 20.9. The Morgan fingerprint density at radius 1 is 1.06 bits per heavy atom. The molecule has 5 rings (SSSR count). The second-order valence-electron chi connectivity index (χ2n) is 13.1. The molecule has 1 spiro atoms. The highest BCUT2D eigenvalue weighted by Crippen LogP contribution is 2.73. The van der Waals surface area contributed by atoms with Crippen LogP contribution in [0, 0.1) is 38.9 Å². The number of esters is 1. The molecule has 5 aliphatic rings. The predicted octanol–water partition coefficient (Wildman–Crippen LogP) is 5.76. The highest BCUT2D eigenvalue weighted by molar-refractivity contribution is 5.93. The van der Waals surface area contributed by atoms with E-state index in [0.29, 0.717) is 30.5 Å². The van der Waals surface area contributed by atoms with E-state index in [-0.39, 0.29) is 27.6 Å². The van der Waals surface area contributed by atoms with E-state index in [1.807, 2.05) is 6.92 Å². The highest BCUT2D eigenvalue weighted by atomic mass is 16.6. The van der Waals surface area contributed by atoms with E-state index in [2.05, 4.69) is 27.7 Å². The van der Waals surface area contributed by atoms with Crippen molar-refractivity contribution in [1.82, 2.24) is 0 Å². The molecule has 0 aromatic rings. The zero-order chi connectivity index (χ0) is 22.8. The molecule has 0 amide bonds. The topological polar surface area (TPSA) is 57.1 Å². The van der Waals surface area contributed by atoms with Crippen LogP contribution in [0.1, 0.15) is 92.4 Å². The molecule has 5 nitrogen and oxygen atoms in total. The third-order valence-corrected chi connectivity index (χ3v) is 10.6. The largest absolute Gasteiger partial charge is 0.466 e. The minimum atomic E-state index is -0.329. The Balaban J connectivity index is 1.39. The van der Waals surface area contributed by atoms with Crippen molar-refractivity contribution in [1.29, 1.82) is 0 Å². The normalized spacial score (nSPS) is 47.8. The molecule has 4 aliphatic carbocycles. The van der Waals surface area contributed by atoms with Gasteiger partial charge in [0.2, 0.25) is 0 Å². The first-order valence-electron chi connectivity index (χ1n) is 13.0. The van der Waals surface area contributed by atoms with Crippen LogP contribution in [-0.4, -0.2) is 38.1 Å². The van der Waals surface area contributed by atoms with Gasteiger partial charge in [0, 0.05) is 5.41 Å². The Hall–Kier alpha value is -1.10. The first-order valence-corrected chi connectivity index (χ1v) is 13.0. The number of oxime groups is 1. The van der Waals surface area contributed by atoms with Crippen LogP contribution >= 0.6 is 0 Å². The number of carbonyl (C=O) groups excluding carboxylic acids is 1. The molecule has 0 unspecified atom stereocenters. The summed E-state index contributed by atoms with van der Waals surface area (Å²) in [5, 5.41) is 4.79. The van der Waals surface area contributed by atoms with E-state index in [0.717, 1.165) is 38.9 Å². The van der Waals surface area contributed by atoms with Crippen LogP contribution in [0.5, 0.6) is 0 Å². The van der Waals surface area contributed by atoms with E-state index < -0.39 is 0 Å². The first kappa shape index (κ1) is 22.7. The Kier molecular flexibility index (Phi) is 5.28. The van der Waals surface area contributed by atoms with E-state index >= 15 is 0 Å². The van der Waals surface area contributed by atoms with Crippen LogP contribution in [-0.2, 0) is 19.1 Å². The molecule has 1 saturated heterocycles. The number of fused-ring (bicyclic) bond motifs is 3. The summed E-state index contributed by atoms with van der Waals surface area (Å²) in [6, 6.07) is 0. The highest BCUT2D eigenvalue weighted by Gasteiger charge is 2.67. The fourth-order valence-electron chi connectivity index (χ4n) is 9.01. The summed E-state index contributed by atoms with van der Waals surface area (Å²) in [6.07, 6.45) is 10.5. The van der Waals surface area contributed by atoms with Crippen LogP contribution in [0.2, 0.25) is 0 Å². The van der Waals surface area contributed by atoms with Crippen molar-refractivity contribution in [2.45, 2.75) is 92.4 Å². The summed E-state index contributed by atoms with van der Waals surface area (Å²) in [4.78, 5) is 19.0. The lowest BCUT2D eigenvalue weighted by atomic mass is 9.40. The van der Waals surface area contributed by atoms with Crippen molar-refractivity contribution in [3.8, 4) is 0 Å². The maximum Gasteiger partial charge on any atom is 0.312 e. The molecule has 180 valence electrons. The molecule has 1 aliphatic heterocycles. The summed E-state index contributed by atoms with van der Waals surface area (Å²) in [7, 11) is 0. The van der Waals surface area contributed by atoms with Gasteiger partial charge >= 0.3 is 5.97 Å². The van der Waals surface area contributed by atoms with E-state index in [1.165, 1.54) is 37.8 Å². The van der Waals surface area contributed by atoms with Gasteiger partial charge in [-0.25, -0.2) is 0 Å². The van der Waals surface area contributed by atoms with Crippen LogP contribution in [0.25, 0.3) is 0 Å². The molecule has 5 fully saturated rings. The van der Waals surface area contributed by atoms with Gasteiger partial charge in [0.15, 0.2) is 0 Å². The average Bonchev–Trinajstić information content (AvgIpc) is 2.91. The number of hydrogen-bond acceptors (Lipinski definition) is 5. The molecule has 2 bridgehead atoms. The van der Waals surface area contributed by atoms with Crippen LogP contribution in [0.3, 0.4) is 0 Å². The van der Waals surface area contributed by atoms with Gasteiger partial charge in [-0.2, -0.15) is 0 Å². The SMILES string of the molecule is CCOC(=O)[C@]1(C)CCC[C@@]2(C)[C@@H]3CC[C@@]4(C)C[C@]3(CC[C@@H]21)C/C4=N\OCC1(C)COC1. The quantitative estimate of drug-likeness (QED) is 0.399. The van der Waals surface area contributed by atoms with Crippen molar-refractivity contribution in [3.63, 3.8) is 0 Å². The Morgan fingerprint density at radius 2 is 1.81 bits per heavy atom. The van der Waals surface area contributed by atoms with Gasteiger partial charge < -0.3 is 14.3 Å². The Bertz CT molecular complexity index is 805. The fraction of sp³-hybridized carbons (Fsp3) is 0.926. The molecular weight excluding hydrogens is 402 g/mol. The maximum absolute atomic E-state index is 13.1. The van der Waals surface area contributed by atoms with Gasteiger partial charge in [-0.05, 0) is 87.9 Å². The Morgan fingerprint density at radius 3 is 2.50 bits per heavy atom. The van der Waals surface area contributed by atoms with Crippen LogP contribution < -0.4 is 0 Å². The number of hydrogen-bond donors (Lipinski definition) is 0. The molecule has 32 heavy (non-hydrogen) atoms. The number of ether oxygens (including phenoxy) is 2. The lowest BCUT2D eigenvalue weighted by molar-refractivity contribution is -0.187. The van der Waals surface area contributed by atoms with Crippen molar-refractivity contribution < 1.29 is 19.1 Å². The summed E-state index contributed by atoms with van der Waals surface area (Å²) in [5.74, 6) is 1.14. The van der Waals surface area contributed by atoms with Gasteiger partial charge in [-0.15, -0.1) is 0 Å². The first-order chi connectivity index (χ1) is 15.1. The minimum absolute atomic E-state index is 0.0445. The van der Waals surface area contributed by atoms with Gasteiger partial charge in [0.25, 0.3) is 0 Å². The third-order valence-electron chi connectivity index (χ3n) is 10.6. The molecule has 0 aromatic heterocycles. The lowest BCUT2D eigenvalue weighted by Gasteiger charge is -2.64. The van der Waals surface area contributed by atoms with E-state index in [9.17, 15) is 4.79 Å². The van der Waals surface area contributed by atoms with E-state index in [1.54, 1.807) is 0 Å². The number of nitrogens with zero attached hydrogens (tertiary/aromatic N) is 1. The number of carbonyl (C=O) groups is 1. The van der Waals surface area contributed by atoms with Crippen LogP contribution in [0.15, 0.2) is 5.16 Å². The van der Waals surface area contributed by atoms with E-state index in [4.69, 9.17) is 19.5 Å². The average molecular weight is 446 g/mol. The molecule has 0 radical (unpaired) electrons. The molecule has 0 N–H and O–H groups in total. The molecule has 1 heterocycles. The maximum atomic E-state index is 13.1. The second-order valence-corrected chi connectivity index (χ2v) is 13.1. The summed E-state index contributed by atoms with van der Waals surface area (Å²) >= 11 is 0. The standard InChI is InChI=1S/C27H43NO4/c1-6-31-22(29)26(5)11-7-10-25(4)19(26)9-13-27-14-21(24(3,15-27)12-8-20(25)27)28-32-18-23(2)16-30-17-23/h19-20H,6-18H2,1-5H3/b28-21+/t19-,20-,24-,25+,26+,27-/m0/s1. The molecule has 5 heteroatoms. The molecule has 4 saturated carbocycles. The van der Waals surface area contributed by atoms with Crippen molar-refractivity contribution >= 4 is 11.7 Å².